The number of anilines is 1. The maximum absolute atomic E-state index is 12.3. The Labute approximate surface area is 137 Å². The summed E-state index contributed by atoms with van der Waals surface area (Å²) in [7, 11) is 0. The number of hydrogen-bond donors (Lipinski definition) is 1. The summed E-state index contributed by atoms with van der Waals surface area (Å²) in [5.74, 6) is -0.440. The SMILES string of the molecule is CCCCc1ccc(NC(=O)c2cnc3sccn3c2=O)cc1. The van der Waals surface area contributed by atoms with Crippen LogP contribution in [-0.2, 0) is 6.42 Å². The predicted molar refractivity (Wildman–Crippen MR) is 92.3 cm³/mol. The number of aryl methyl sites for hydroxylation is 1. The smallest absolute Gasteiger partial charge is 0.271 e. The van der Waals surface area contributed by atoms with Gasteiger partial charge in [-0.05, 0) is 30.5 Å². The first-order valence-electron chi connectivity index (χ1n) is 7.54. The number of unbranched alkanes of at least 4 members (excludes halogenated alkanes) is 1. The van der Waals surface area contributed by atoms with Gasteiger partial charge in [0.2, 0.25) is 0 Å². The lowest BCUT2D eigenvalue weighted by Gasteiger charge is -2.06. The molecule has 2 aromatic heterocycles. The number of amides is 1. The van der Waals surface area contributed by atoms with E-state index < -0.39 is 5.91 Å². The van der Waals surface area contributed by atoms with Crippen molar-refractivity contribution < 1.29 is 4.79 Å². The standard InChI is InChI=1S/C17H17N3O2S/c1-2-3-4-12-5-7-13(8-6-12)19-15(21)14-11-18-17-20(16(14)22)9-10-23-17/h5-11H,2-4H2,1H3,(H,19,21). The van der Waals surface area contributed by atoms with E-state index in [1.165, 1.54) is 27.5 Å². The van der Waals surface area contributed by atoms with Gasteiger partial charge in [0, 0.05) is 23.5 Å². The van der Waals surface area contributed by atoms with Crippen molar-refractivity contribution in [1.29, 1.82) is 0 Å². The third-order valence-corrected chi connectivity index (χ3v) is 4.39. The number of aromatic nitrogens is 2. The second kappa shape index (κ2) is 6.75. The second-order valence-corrected chi connectivity index (χ2v) is 6.16. The highest BCUT2D eigenvalue weighted by molar-refractivity contribution is 7.15. The molecule has 3 rings (SSSR count). The minimum absolute atomic E-state index is 0.0379. The molecule has 23 heavy (non-hydrogen) atoms. The first-order chi connectivity index (χ1) is 11.2. The van der Waals surface area contributed by atoms with Crippen molar-refractivity contribution >= 4 is 27.9 Å². The molecule has 0 unspecified atom stereocenters. The third kappa shape index (κ3) is 3.32. The van der Waals surface area contributed by atoms with Gasteiger partial charge in [-0.2, -0.15) is 0 Å². The van der Waals surface area contributed by atoms with Gasteiger partial charge in [-0.1, -0.05) is 25.5 Å². The van der Waals surface area contributed by atoms with Gasteiger partial charge in [0.25, 0.3) is 11.5 Å². The van der Waals surface area contributed by atoms with E-state index in [4.69, 9.17) is 0 Å². The number of benzene rings is 1. The summed E-state index contributed by atoms with van der Waals surface area (Å²) in [6, 6.07) is 7.71. The molecule has 0 radical (unpaired) electrons. The molecule has 1 N–H and O–H groups in total. The van der Waals surface area contributed by atoms with E-state index in [-0.39, 0.29) is 11.1 Å². The highest BCUT2D eigenvalue weighted by atomic mass is 32.1. The van der Waals surface area contributed by atoms with E-state index in [0.717, 1.165) is 19.3 Å². The highest BCUT2D eigenvalue weighted by Gasteiger charge is 2.13. The molecular formula is C17H17N3O2S. The fourth-order valence-corrected chi connectivity index (χ4v) is 2.99. The van der Waals surface area contributed by atoms with E-state index in [2.05, 4.69) is 17.2 Å². The molecule has 0 spiro atoms. The van der Waals surface area contributed by atoms with Gasteiger partial charge in [-0.3, -0.25) is 14.0 Å². The van der Waals surface area contributed by atoms with E-state index in [9.17, 15) is 9.59 Å². The van der Waals surface area contributed by atoms with Crippen LogP contribution in [0.1, 0.15) is 35.7 Å². The first kappa shape index (κ1) is 15.4. The van der Waals surface area contributed by atoms with Gasteiger partial charge in [-0.25, -0.2) is 4.98 Å². The van der Waals surface area contributed by atoms with Gasteiger partial charge < -0.3 is 5.32 Å². The van der Waals surface area contributed by atoms with Crippen LogP contribution in [0.15, 0.2) is 46.8 Å². The Morgan fingerprint density at radius 3 is 2.83 bits per heavy atom. The lowest BCUT2D eigenvalue weighted by Crippen LogP contribution is -2.25. The molecule has 6 heteroatoms. The Balaban J connectivity index is 1.77. The number of rotatable bonds is 5. The third-order valence-electron chi connectivity index (χ3n) is 3.62. The van der Waals surface area contributed by atoms with Crippen LogP contribution in [0.25, 0.3) is 4.96 Å². The maximum atomic E-state index is 12.3. The Kier molecular flexibility index (Phi) is 4.52. The summed E-state index contributed by atoms with van der Waals surface area (Å²) in [4.78, 5) is 29.3. The molecule has 0 bridgehead atoms. The molecule has 118 valence electrons. The van der Waals surface area contributed by atoms with Gasteiger partial charge in [0.15, 0.2) is 4.96 Å². The molecule has 0 fully saturated rings. The van der Waals surface area contributed by atoms with Crippen molar-refractivity contribution in [2.45, 2.75) is 26.2 Å². The fraction of sp³-hybridized carbons (Fsp3) is 0.235. The zero-order chi connectivity index (χ0) is 16.2. The van der Waals surface area contributed by atoms with Crippen molar-refractivity contribution in [3.05, 3.63) is 63.5 Å². The molecule has 2 heterocycles. The normalized spacial score (nSPS) is 10.8. The summed E-state index contributed by atoms with van der Waals surface area (Å²) in [5, 5.41) is 4.51. The van der Waals surface area contributed by atoms with Crippen LogP contribution >= 0.6 is 11.3 Å². The molecule has 0 atom stereocenters. The van der Waals surface area contributed by atoms with Crippen LogP contribution in [0.3, 0.4) is 0 Å². The number of thiazole rings is 1. The Morgan fingerprint density at radius 2 is 2.09 bits per heavy atom. The van der Waals surface area contributed by atoms with Gasteiger partial charge in [0.1, 0.15) is 5.56 Å². The molecule has 0 aliphatic rings. The minimum atomic E-state index is -0.440. The number of nitrogens with one attached hydrogen (secondary N) is 1. The van der Waals surface area contributed by atoms with Crippen LogP contribution in [0.2, 0.25) is 0 Å². The average Bonchev–Trinajstić information content (AvgIpc) is 3.04. The lowest BCUT2D eigenvalue weighted by atomic mass is 10.1. The molecule has 0 aliphatic carbocycles. The largest absolute Gasteiger partial charge is 0.322 e. The number of carbonyl (C=O) groups is 1. The van der Waals surface area contributed by atoms with Gasteiger partial charge in [-0.15, -0.1) is 11.3 Å². The highest BCUT2D eigenvalue weighted by Crippen LogP contribution is 2.13. The predicted octanol–water partition coefficient (Wildman–Crippen LogP) is 3.35. The molecule has 3 aromatic rings. The first-order valence-corrected chi connectivity index (χ1v) is 8.42. The summed E-state index contributed by atoms with van der Waals surface area (Å²) < 4.78 is 1.38. The van der Waals surface area contributed by atoms with Crippen LogP contribution in [0.4, 0.5) is 5.69 Å². The number of hydrogen-bond acceptors (Lipinski definition) is 4. The maximum Gasteiger partial charge on any atom is 0.271 e. The van der Waals surface area contributed by atoms with Crippen molar-refractivity contribution in [3.63, 3.8) is 0 Å². The Bertz CT molecular complexity index is 881. The number of carbonyl (C=O) groups excluding carboxylic acids is 1. The van der Waals surface area contributed by atoms with Crippen molar-refractivity contribution in [2.24, 2.45) is 0 Å². The van der Waals surface area contributed by atoms with E-state index in [1.54, 1.807) is 11.6 Å². The topological polar surface area (TPSA) is 63.5 Å². The monoisotopic (exact) mass is 327 g/mol. The molecule has 1 amide bonds. The lowest BCUT2D eigenvalue weighted by molar-refractivity contribution is 0.102. The molecular weight excluding hydrogens is 310 g/mol. The van der Waals surface area contributed by atoms with Gasteiger partial charge in [0.05, 0.1) is 0 Å². The summed E-state index contributed by atoms with van der Waals surface area (Å²) in [6.45, 7) is 2.16. The Hall–Kier alpha value is -2.47. The molecule has 0 saturated heterocycles. The molecule has 0 saturated carbocycles. The van der Waals surface area contributed by atoms with Crippen molar-refractivity contribution in [2.75, 3.05) is 5.32 Å². The Morgan fingerprint density at radius 1 is 1.30 bits per heavy atom. The van der Waals surface area contributed by atoms with Crippen LogP contribution in [-0.4, -0.2) is 15.3 Å². The van der Waals surface area contributed by atoms with E-state index >= 15 is 0 Å². The summed E-state index contributed by atoms with van der Waals surface area (Å²) >= 11 is 1.35. The van der Waals surface area contributed by atoms with Crippen molar-refractivity contribution in [3.8, 4) is 0 Å². The van der Waals surface area contributed by atoms with Gasteiger partial charge >= 0.3 is 0 Å². The van der Waals surface area contributed by atoms with Crippen LogP contribution in [0.5, 0.6) is 0 Å². The quantitative estimate of drug-likeness (QED) is 0.781. The fourth-order valence-electron chi connectivity index (χ4n) is 2.31. The van der Waals surface area contributed by atoms with Crippen molar-refractivity contribution in [1.82, 2.24) is 9.38 Å². The molecule has 5 nitrogen and oxygen atoms in total. The summed E-state index contributed by atoms with van der Waals surface area (Å²) in [5.41, 5.74) is 1.60. The minimum Gasteiger partial charge on any atom is -0.322 e. The molecule has 1 aromatic carbocycles. The zero-order valence-corrected chi connectivity index (χ0v) is 13.6. The zero-order valence-electron chi connectivity index (χ0n) is 12.8. The van der Waals surface area contributed by atoms with E-state index in [1.807, 2.05) is 24.3 Å². The van der Waals surface area contributed by atoms with E-state index in [0.29, 0.717) is 10.6 Å². The van der Waals surface area contributed by atoms with Crippen LogP contribution in [0, 0.1) is 0 Å². The van der Waals surface area contributed by atoms with Crippen LogP contribution < -0.4 is 10.9 Å². The molecule has 0 aliphatic heterocycles. The second-order valence-electron chi connectivity index (χ2n) is 5.29. The number of fused-ring (bicyclic) bond motifs is 1. The summed E-state index contributed by atoms with van der Waals surface area (Å²) in [6.07, 6.45) is 6.29. The average molecular weight is 327 g/mol. The number of nitrogens with zero attached hydrogens (tertiary/aromatic N) is 2.